The first-order valence-electron chi connectivity index (χ1n) is 4.95. The van der Waals surface area contributed by atoms with Crippen LogP contribution in [-0.2, 0) is 9.36 Å². The number of carboxylic acid groups (broad SMARTS) is 1. The Morgan fingerprint density at radius 1 is 1.38 bits per heavy atom. The minimum absolute atomic E-state index is 0.216. The second-order valence-corrected chi connectivity index (χ2v) is 6.12. The van der Waals surface area contributed by atoms with Crippen LogP contribution in [0.3, 0.4) is 0 Å². The highest BCUT2D eigenvalue weighted by molar-refractivity contribution is 7.66. The average Bonchev–Trinajstić information content (AvgIpc) is 2.19. The largest absolute Gasteiger partial charge is 0.481 e. The van der Waals surface area contributed by atoms with E-state index < -0.39 is 13.3 Å². The van der Waals surface area contributed by atoms with Gasteiger partial charge in [0.15, 0.2) is 0 Å². The van der Waals surface area contributed by atoms with E-state index in [2.05, 4.69) is 0 Å². The number of aliphatic carboxylic acids is 1. The molecule has 0 spiro atoms. The van der Waals surface area contributed by atoms with E-state index in [0.717, 1.165) is 11.1 Å². The fraction of sp³-hybridized carbons (Fsp3) is 0.364. The Labute approximate surface area is 94.4 Å². The third-order valence-corrected chi connectivity index (χ3v) is 4.65. The summed E-state index contributed by atoms with van der Waals surface area (Å²) < 4.78 is 12.0. The summed E-state index contributed by atoms with van der Waals surface area (Å²) in [7, 11) is -3.54. The van der Waals surface area contributed by atoms with Gasteiger partial charge in [0, 0.05) is 11.5 Å². The molecule has 4 nitrogen and oxygen atoms in total. The molecule has 1 aromatic rings. The Hall–Kier alpha value is -1.12. The molecule has 1 rings (SSSR count). The second kappa shape index (κ2) is 4.81. The van der Waals surface area contributed by atoms with Crippen LogP contribution in [0.4, 0.5) is 0 Å². The summed E-state index contributed by atoms with van der Waals surface area (Å²) in [6.07, 6.45) is -0.506. The molecule has 0 aliphatic carbocycles. The van der Waals surface area contributed by atoms with Crippen molar-refractivity contribution in [1.29, 1.82) is 0 Å². The quantitative estimate of drug-likeness (QED) is 0.787. The number of benzene rings is 1. The van der Waals surface area contributed by atoms with Gasteiger partial charge >= 0.3 is 5.97 Å². The summed E-state index contributed by atoms with van der Waals surface area (Å²) in [5.41, 5.74) is 1.70. The first-order chi connectivity index (χ1) is 7.34. The fourth-order valence-corrected chi connectivity index (χ4v) is 3.24. The highest BCUT2D eigenvalue weighted by Gasteiger charge is 2.24. The van der Waals surface area contributed by atoms with Gasteiger partial charge in [-0.25, -0.2) is 0 Å². The van der Waals surface area contributed by atoms with Crippen LogP contribution in [0.1, 0.15) is 17.5 Å². The van der Waals surface area contributed by atoms with E-state index in [4.69, 9.17) is 5.11 Å². The van der Waals surface area contributed by atoms with E-state index in [1.807, 2.05) is 13.0 Å². The highest BCUT2D eigenvalue weighted by Crippen LogP contribution is 2.41. The Bertz CT molecular complexity index is 453. The van der Waals surface area contributed by atoms with Gasteiger partial charge in [0.1, 0.15) is 0 Å². The Morgan fingerprint density at radius 3 is 2.56 bits per heavy atom. The molecule has 0 heterocycles. The first kappa shape index (κ1) is 12.9. The van der Waals surface area contributed by atoms with Crippen LogP contribution in [0.5, 0.6) is 0 Å². The van der Waals surface area contributed by atoms with E-state index in [9.17, 15) is 14.3 Å². The van der Waals surface area contributed by atoms with Gasteiger partial charge in [-0.05, 0) is 31.0 Å². The molecule has 0 bridgehead atoms. The number of carboxylic acids is 1. The maximum Gasteiger partial charge on any atom is 0.303 e. The molecule has 0 fully saturated rings. The summed E-state index contributed by atoms with van der Waals surface area (Å²) in [6, 6.07) is 5.16. The van der Waals surface area contributed by atoms with Crippen LogP contribution in [-0.4, -0.2) is 22.1 Å². The van der Waals surface area contributed by atoms with Crippen LogP contribution >= 0.6 is 7.37 Å². The summed E-state index contributed by atoms with van der Waals surface area (Å²) in [6.45, 7) is 3.63. The van der Waals surface area contributed by atoms with Crippen molar-refractivity contribution in [3.05, 3.63) is 29.3 Å². The van der Waals surface area contributed by atoms with Crippen molar-refractivity contribution in [2.75, 3.05) is 6.16 Å². The molecule has 0 saturated carbocycles. The van der Waals surface area contributed by atoms with Crippen LogP contribution in [0.2, 0.25) is 0 Å². The lowest BCUT2D eigenvalue weighted by Gasteiger charge is -2.14. The lowest BCUT2D eigenvalue weighted by Crippen LogP contribution is -2.13. The molecule has 0 amide bonds. The monoisotopic (exact) mass is 242 g/mol. The molecule has 0 saturated heterocycles. The van der Waals surface area contributed by atoms with E-state index in [1.54, 1.807) is 19.1 Å². The Morgan fingerprint density at radius 2 is 2.00 bits per heavy atom. The van der Waals surface area contributed by atoms with Crippen LogP contribution in [0.25, 0.3) is 0 Å². The highest BCUT2D eigenvalue weighted by atomic mass is 31.2. The van der Waals surface area contributed by atoms with E-state index in [1.165, 1.54) is 0 Å². The molecular weight excluding hydrogens is 227 g/mol. The van der Waals surface area contributed by atoms with E-state index >= 15 is 0 Å². The summed E-state index contributed by atoms with van der Waals surface area (Å²) in [4.78, 5) is 20.2. The first-order valence-corrected chi connectivity index (χ1v) is 6.79. The van der Waals surface area contributed by atoms with Gasteiger partial charge in [-0.1, -0.05) is 12.1 Å². The zero-order valence-corrected chi connectivity index (χ0v) is 10.2. The standard InChI is InChI=1S/C11H15O4P/c1-8-4-3-5-10(9(8)2)16(14,15)7-6-11(12)13/h3-5H,6-7H2,1-2H3,(H,12,13)(H,14,15). The number of rotatable bonds is 4. The average molecular weight is 242 g/mol. The lowest BCUT2D eigenvalue weighted by atomic mass is 10.1. The SMILES string of the molecule is Cc1cccc(P(=O)(O)CCC(=O)O)c1C. The molecule has 16 heavy (non-hydrogen) atoms. The van der Waals surface area contributed by atoms with Crippen molar-refractivity contribution in [1.82, 2.24) is 0 Å². The molecule has 0 aliphatic heterocycles. The number of carbonyl (C=O) groups is 1. The maximum atomic E-state index is 12.0. The molecule has 0 aliphatic rings. The minimum Gasteiger partial charge on any atom is -0.481 e. The van der Waals surface area contributed by atoms with Crippen molar-refractivity contribution < 1.29 is 19.4 Å². The molecule has 0 aromatic heterocycles. The van der Waals surface area contributed by atoms with Gasteiger partial charge < -0.3 is 10.00 Å². The van der Waals surface area contributed by atoms with Crippen molar-refractivity contribution in [3.8, 4) is 0 Å². The molecule has 1 atom stereocenters. The van der Waals surface area contributed by atoms with Gasteiger partial charge in [0.05, 0.1) is 6.42 Å². The minimum atomic E-state index is -3.54. The van der Waals surface area contributed by atoms with Crippen molar-refractivity contribution >= 4 is 18.6 Å². The lowest BCUT2D eigenvalue weighted by molar-refractivity contribution is -0.136. The smallest absolute Gasteiger partial charge is 0.303 e. The fourth-order valence-electron chi connectivity index (χ4n) is 1.48. The predicted molar refractivity (Wildman–Crippen MR) is 62.5 cm³/mol. The number of hydrogen-bond donors (Lipinski definition) is 2. The molecule has 2 N–H and O–H groups in total. The van der Waals surface area contributed by atoms with Crippen molar-refractivity contribution in [2.45, 2.75) is 20.3 Å². The molecule has 5 heteroatoms. The number of hydrogen-bond acceptors (Lipinski definition) is 2. The Balaban J connectivity index is 3.02. The maximum absolute atomic E-state index is 12.0. The van der Waals surface area contributed by atoms with Gasteiger partial charge in [-0.3, -0.25) is 9.36 Å². The third-order valence-electron chi connectivity index (χ3n) is 2.58. The van der Waals surface area contributed by atoms with Gasteiger partial charge in [-0.2, -0.15) is 0 Å². The molecular formula is C11H15O4P. The Kier molecular flexibility index (Phi) is 3.89. The van der Waals surface area contributed by atoms with Crippen molar-refractivity contribution in [3.63, 3.8) is 0 Å². The molecule has 1 unspecified atom stereocenters. The summed E-state index contributed by atoms with van der Waals surface area (Å²) in [5.74, 6) is -1.06. The zero-order valence-electron chi connectivity index (χ0n) is 9.30. The molecule has 0 radical (unpaired) electrons. The van der Waals surface area contributed by atoms with Crippen LogP contribution in [0, 0.1) is 13.8 Å². The summed E-state index contributed by atoms with van der Waals surface area (Å²) in [5, 5.41) is 8.88. The topological polar surface area (TPSA) is 74.6 Å². The number of aryl methyl sites for hydroxylation is 1. The normalized spacial score (nSPS) is 14.4. The molecule has 88 valence electrons. The van der Waals surface area contributed by atoms with Crippen molar-refractivity contribution in [2.24, 2.45) is 0 Å². The second-order valence-electron chi connectivity index (χ2n) is 3.79. The zero-order chi connectivity index (χ0) is 12.3. The predicted octanol–water partition coefficient (Wildman–Crippen LogP) is 1.67. The van der Waals surface area contributed by atoms with E-state index in [-0.39, 0.29) is 12.6 Å². The van der Waals surface area contributed by atoms with Gasteiger partial charge in [0.2, 0.25) is 7.37 Å². The summed E-state index contributed by atoms with van der Waals surface area (Å²) >= 11 is 0. The third kappa shape index (κ3) is 2.94. The van der Waals surface area contributed by atoms with E-state index in [0.29, 0.717) is 5.30 Å². The molecule has 1 aromatic carbocycles. The van der Waals surface area contributed by atoms with Gasteiger partial charge in [-0.15, -0.1) is 0 Å². The van der Waals surface area contributed by atoms with Crippen LogP contribution in [0.15, 0.2) is 18.2 Å². The van der Waals surface area contributed by atoms with Crippen LogP contribution < -0.4 is 5.30 Å². The van der Waals surface area contributed by atoms with Gasteiger partial charge in [0.25, 0.3) is 0 Å².